The molecule has 1 N–H and O–H groups in total. The predicted octanol–water partition coefficient (Wildman–Crippen LogP) is 3.46. The van der Waals surface area contributed by atoms with Crippen LogP contribution in [0.5, 0.6) is 0 Å². The van der Waals surface area contributed by atoms with E-state index in [9.17, 15) is 4.79 Å². The number of ether oxygens (including phenoxy) is 1. The second-order valence-electron chi connectivity index (χ2n) is 5.57. The third-order valence-corrected chi connectivity index (χ3v) is 2.93. The van der Waals surface area contributed by atoms with E-state index in [-0.39, 0.29) is 6.61 Å². The third-order valence-electron chi connectivity index (χ3n) is 2.56. The van der Waals surface area contributed by atoms with Crippen molar-refractivity contribution in [1.29, 1.82) is 0 Å². The van der Waals surface area contributed by atoms with Crippen LogP contribution in [-0.2, 0) is 11.3 Å². The fourth-order valence-corrected chi connectivity index (χ4v) is 1.85. The minimum Gasteiger partial charge on any atom is -0.444 e. The minimum absolute atomic E-state index is 0.0296. The van der Waals surface area contributed by atoms with Gasteiger partial charge in [-0.25, -0.2) is 4.79 Å². The summed E-state index contributed by atoms with van der Waals surface area (Å²) in [4.78, 5) is 13.7. The molecular formula is C15H22ClNO3. The lowest BCUT2D eigenvalue weighted by Crippen LogP contribution is -2.37. The number of amides is 1. The number of carbonyl (C=O) groups excluding carboxylic acids is 1. The van der Waals surface area contributed by atoms with Crippen molar-refractivity contribution >= 4 is 17.7 Å². The zero-order valence-electron chi connectivity index (χ0n) is 12.2. The molecule has 1 aromatic carbocycles. The van der Waals surface area contributed by atoms with E-state index in [1.54, 1.807) is 11.0 Å². The molecule has 0 radical (unpaired) electrons. The minimum atomic E-state index is -0.547. The molecule has 20 heavy (non-hydrogen) atoms. The first-order chi connectivity index (χ1) is 9.33. The number of nitrogens with zero attached hydrogens (tertiary/aromatic N) is 1. The summed E-state index contributed by atoms with van der Waals surface area (Å²) in [7, 11) is 0. The third kappa shape index (κ3) is 5.80. The maximum absolute atomic E-state index is 12.2. The normalized spacial score (nSPS) is 11.2. The van der Waals surface area contributed by atoms with Crippen molar-refractivity contribution in [2.75, 3.05) is 13.2 Å². The van der Waals surface area contributed by atoms with E-state index in [4.69, 9.17) is 21.4 Å². The van der Waals surface area contributed by atoms with Crippen molar-refractivity contribution in [3.8, 4) is 0 Å². The van der Waals surface area contributed by atoms with Gasteiger partial charge in [-0.2, -0.15) is 0 Å². The zero-order valence-corrected chi connectivity index (χ0v) is 13.0. The molecule has 0 atom stereocenters. The van der Waals surface area contributed by atoms with Crippen LogP contribution in [0.2, 0.25) is 5.02 Å². The first-order valence-electron chi connectivity index (χ1n) is 6.65. The summed E-state index contributed by atoms with van der Waals surface area (Å²) in [6.45, 7) is 6.30. The highest BCUT2D eigenvalue weighted by Crippen LogP contribution is 2.19. The van der Waals surface area contributed by atoms with Gasteiger partial charge in [-0.1, -0.05) is 29.8 Å². The molecule has 4 nitrogen and oxygen atoms in total. The highest BCUT2D eigenvalue weighted by Gasteiger charge is 2.22. The second-order valence-corrected chi connectivity index (χ2v) is 5.98. The molecule has 0 aromatic heterocycles. The molecule has 0 saturated heterocycles. The number of carbonyl (C=O) groups is 1. The first kappa shape index (κ1) is 16.8. The standard InChI is InChI=1S/C15H22ClNO3/c1-15(2,3)20-14(19)17(9-6-10-18)11-12-7-4-5-8-13(12)16/h4-5,7-8,18H,6,9-11H2,1-3H3. The van der Waals surface area contributed by atoms with Gasteiger partial charge in [-0.3, -0.25) is 0 Å². The van der Waals surface area contributed by atoms with Crippen molar-refractivity contribution in [2.24, 2.45) is 0 Å². The number of benzene rings is 1. The van der Waals surface area contributed by atoms with Crippen LogP contribution in [-0.4, -0.2) is 34.9 Å². The molecule has 1 rings (SSSR count). The quantitative estimate of drug-likeness (QED) is 0.906. The van der Waals surface area contributed by atoms with Crippen LogP contribution >= 0.6 is 11.6 Å². The first-order valence-corrected chi connectivity index (χ1v) is 7.03. The van der Waals surface area contributed by atoms with E-state index in [1.165, 1.54) is 0 Å². The lowest BCUT2D eigenvalue weighted by Gasteiger charge is -2.27. The molecule has 0 aliphatic heterocycles. The monoisotopic (exact) mass is 299 g/mol. The van der Waals surface area contributed by atoms with Crippen molar-refractivity contribution < 1.29 is 14.6 Å². The maximum Gasteiger partial charge on any atom is 0.410 e. The Labute approximate surface area is 125 Å². The van der Waals surface area contributed by atoms with Gasteiger partial charge < -0.3 is 14.7 Å². The number of hydrogen-bond acceptors (Lipinski definition) is 3. The number of rotatable bonds is 5. The van der Waals surface area contributed by atoms with Crippen molar-refractivity contribution in [2.45, 2.75) is 39.3 Å². The molecule has 1 aromatic rings. The van der Waals surface area contributed by atoms with E-state index >= 15 is 0 Å². The summed E-state index contributed by atoms with van der Waals surface area (Å²) >= 11 is 6.11. The second kappa shape index (κ2) is 7.50. The zero-order chi connectivity index (χ0) is 15.2. The van der Waals surface area contributed by atoms with Crippen molar-refractivity contribution in [1.82, 2.24) is 4.90 Å². The summed E-state index contributed by atoms with van der Waals surface area (Å²) in [5, 5.41) is 9.56. The van der Waals surface area contributed by atoms with Gasteiger partial charge in [-0.05, 0) is 38.8 Å². The SMILES string of the molecule is CC(C)(C)OC(=O)N(CCCO)Cc1ccccc1Cl. The van der Waals surface area contributed by atoms with Crippen molar-refractivity contribution in [3.05, 3.63) is 34.9 Å². The van der Waals surface area contributed by atoms with Gasteiger partial charge in [0.15, 0.2) is 0 Å². The molecular weight excluding hydrogens is 278 g/mol. The number of aliphatic hydroxyl groups is 1. The molecule has 0 aliphatic carbocycles. The van der Waals surface area contributed by atoms with Gasteiger partial charge >= 0.3 is 6.09 Å². The molecule has 0 aliphatic rings. The predicted molar refractivity (Wildman–Crippen MR) is 79.8 cm³/mol. The summed E-state index contributed by atoms with van der Waals surface area (Å²) in [5.41, 5.74) is 0.313. The van der Waals surface area contributed by atoms with E-state index in [1.807, 2.05) is 39.0 Å². The highest BCUT2D eigenvalue weighted by molar-refractivity contribution is 6.31. The smallest absolute Gasteiger partial charge is 0.410 e. The number of aliphatic hydroxyl groups excluding tert-OH is 1. The maximum atomic E-state index is 12.2. The van der Waals surface area contributed by atoms with Crippen LogP contribution in [0.25, 0.3) is 0 Å². The Bertz CT molecular complexity index is 443. The molecule has 0 unspecified atom stereocenters. The van der Waals surface area contributed by atoms with Crippen LogP contribution in [0.15, 0.2) is 24.3 Å². The van der Waals surface area contributed by atoms with Crippen LogP contribution in [0.3, 0.4) is 0 Å². The number of hydrogen-bond donors (Lipinski definition) is 1. The lowest BCUT2D eigenvalue weighted by atomic mass is 10.2. The van der Waals surface area contributed by atoms with E-state index in [0.29, 0.717) is 24.5 Å². The summed E-state index contributed by atoms with van der Waals surface area (Å²) < 4.78 is 5.37. The molecule has 0 heterocycles. The average Bonchev–Trinajstić information content (AvgIpc) is 2.34. The molecule has 0 fully saturated rings. The Kier molecular flexibility index (Phi) is 6.30. The number of halogens is 1. The van der Waals surface area contributed by atoms with Gasteiger partial charge in [-0.15, -0.1) is 0 Å². The summed E-state index contributed by atoms with van der Waals surface area (Å²) in [6, 6.07) is 7.38. The van der Waals surface area contributed by atoms with Gasteiger partial charge in [0.05, 0.1) is 6.54 Å². The Morgan fingerprint density at radius 3 is 2.55 bits per heavy atom. The largest absolute Gasteiger partial charge is 0.444 e. The fraction of sp³-hybridized carbons (Fsp3) is 0.533. The molecule has 1 amide bonds. The molecule has 0 bridgehead atoms. The van der Waals surface area contributed by atoms with Gasteiger partial charge in [0.2, 0.25) is 0 Å². The molecule has 0 saturated carbocycles. The summed E-state index contributed by atoms with van der Waals surface area (Å²) in [5.74, 6) is 0. The van der Waals surface area contributed by atoms with Crippen LogP contribution in [0.1, 0.15) is 32.8 Å². The highest BCUT2D eigenvalue weighted by atomic mass is 35.5. The Balaban J connectivity index is 2.79. The van der Waals surface area contributed by atoms with Crippen molar-refractivity contribution in [3.63, 3.8) is 0 Å². The Morgan fingerprint density at radius 2 is 2.00 bits per heavy atom. The molecule has 0 spiro atoms. The van der Waals surface area contributed by atoms with E-state index < -0.39 is 11.7 Å². The topological polar surface area (TPSA) is 49.8 Å². The Morgan fingerprint density at radius 1 is 1.35 bits per heavy atom. The average molecular weight is 300 g/mol. The summed E-state index contributed by atoms with van der Waals surface area (Å²) in [6.07, 6.45) is 0.106. The fourth-order valence-electron chi connectivity index (χ4n) is 1.66. The van der Waals surface area contributed by atoms with Gasteiger partial charge in [0, 0.05) is 18.2 Å². The lowest BCUT2D eigenvalue weighted by molar-refractivity contribution is 0.0224. The molecule has 5 heteroatoms. The van der Waals surface area contributed by atoms with E-state index in [2.05, 4.69) is 0 Å². The van der Waals surface area contributed by atoms with Crippen LogP contribution in [0, 0.1) is 0 Å². The van der Waals surface area contributed by atoms with Crippen LogP contribution < -0.4 is 0 Å². The van der Waals surface area contributed by atoms with Crippen LogP contribution in [0.4, 0.5) is 4.79 Å². The van der Waals surface area contributed by atoms with Gasteiger partial charge in [0.25, 0.3) is 0 Å². The Hall–Kier alpha value is -1.26. The van der Waals surface area contributed by atoms with E-state index in [0.717, 1.165) is 5.56 Å². The molecule has 112 valence electrons. The van der Waals surface area contributed by atoms with Gasteiger partial charge in [0.1, 0.15) is 5.60 Å².